The molecule has 0 saturated heterocycles. The van der Waals surface area contributed by atoms with Crippen molar-refractivity contribution in [3.05, 3.63) is 57.6 Å². The molecule has 0 atom stereocenters. The van der Waals surface area contributed by atoms with E-state index < -0.39 is 19.1 Å². The van der Waals surface area contributed by atoms with Gasteiger partial charge in [0.2, 0.25) is 0 Å². The van der Waals surface area contributed by atoms with Crippen molar-refractivity contribution in [1.82, 2.24) is 4.83 Å². The Hall–Kier alpha value is -1.45. The Morgan fingerprint density at radius 3 is 0.974 bits per heavy atom. The summed E-state index contributed by atoms with van der Waals surface area (Å²) in [4.78, 5) is 2.62. The minimum atomic E-state index is -3.72. The van der Waals surface area contributed by atoms with E-state index in [-0.39, 0.29) is 23.7 Å². The molecule has 2 aromatic rings. The maximum atomic E-state index is 12.3. The third kappa shape index (κ3) is 9.02. The van der Waals surface area contributed by atoms with Gasteiger partial charge in [0.25, 0.3) is 19.1 Å². The molecule has 0 amide bonds. The molecule has 9 heteroatoms. The molecule has 0 aromatic heterocycles. The molecule has 0 unspecified atom stereocenters. The van der Waals surface area contributed by atoms with Gasteiger partial charge in [-0.1, -0.05) is 107 Å². The maximum absolute atomic E-state index is 12.3. The molecule has 0 radical (unpaired) electrons. The average molecular weight is 601 g/mol. The largest absolute Gasteiger partial charge is 0.261 e. The summed E-state index contributed by atoms with van der Waals surface area (Å²) < 4.78 is 48.5. The van der Waals surface area contributed by atoms with E-state index in [1.165, 1.54) is 0 Å². The highest BCUT2D eigenvalue weighted by molar-refractivity contribution is 8.13. The van der Waals surface area contributed by atoms with E-state index in [4.69, 9.17) is 16.5 Å². The molecular weight excluding hydrogens is 552 g/mol. The Kier molecular flexibility index (Phi) is 12.7. The van der Waals surface area contributed by atoms with E-state index >= 15 is 0 Å². The van der Waals surface area contributed by atoms with Crippen molar-refractivity contribution in [3.63, 3.8) is 0 Å². The third-order valence-corrected chi connectivity index (χ3v) is 9.57. The van der Waals surface area contributed by atoms with Crippen molar-refractivity contribution in [2.45, 2.75) is 128 Å². The summed E-state index contributed by atoms with van der Waals surface area (Å²) in [5.74, 6) is 6.43. The Bertz CT molecular complexity index is 1290. The summed E-state index contributed by atoms with van der Waals surface area (Å²) in [5, 5.41) is 0. The van der Waals surface area contributed by atoms with Crippen LogP contribution >= 0.6 is 10.7 Å². The van der Waals surface area contributed by atoms with Crippen molar-refractivity contribution in [2.24, 2.45) is 5.84 Å². The van der Waals surface area contributed by atoms with Gasteiger partial charge in [0.05, 0.1) is 9.79 Å². The van der Waals surface area contributed by atoms with Crippen LogP contribution in [0.15, 0.2) is 34.1 Å². The molecule has 0 aliphatic carbocycles. The third-order valence-electron chi connectivity index (χ3n) is 6.83. The van der Waals surface area contributed by atoms with E-state index in [2.05, 4.69) is 27.7 Å². The molecule has 2 aromatic carbocycles. The number of halogens is 1. The number of rotatable bonds is 9. The van der Waals surface area contributed by atoms with Crippen LogP contribution in [-0.4, -0.2) is 16.8 Å². The highest BCUT2D eigenvalue weighted by Crippen LogP contribution is 2.37. The zero-order valence-electron chi connectivity index (χ0n) is 25.7. The first-order valence-electron chi connectivity index (χ1n) is 13.7. The lowest BCUT2D eigenvalue weighted by atomic mass is 9.89. The predicted molar refractivity (Wildman–Crippen MR) is 165 cm³/mol. The highest BCUT2D eigenvalue weighted by atomic mass is 35.7. The lowest BCUT2D eigenvalue weighted by Crippen LogP contribution is -2.32. The second-order valence-corrected chi connectivity index (χ2v) is 16.2. The molecular formula is C30H49ClN2O4S2. The lowest BCUT2D eigenvalue weighted by molar-refractivity contribution is 0.578. The predicted octanol–water partition coefficient (Wildman–Crippen LogP) is 8.19. The first-order chi connectivity index (χ1) is 17.7. The zero-order valence-corrected chi connectivity index (χ0v) is 28.1. The SMILES string of the molecule is CC(C)c1cc(C(C)C)c(S(=O)(=O)Cl)c(C(C)C)c1.CC(C)c1cc(C(C)C)c(S(=O)(=O)NN)c(C(C)C)c1. The lowest BCUT2D eigenvalue weighted by Gasteiger charge is -2.22. The molecule has 3 N–H and O–H groups in total. The molecule has 0 bridgehead atoms. The number of nitrogens with one attached hydrogen (secondary N) is 1. The molecule has 2 rings (SSSR count). The van der Waals surface area contributed by atoms with E-state index in [0.717, 1.165) is 33.4 Å². The van der Waals surface area contributed by atoms with Crippen LogP contribution in [0.4, 0.5) is 0 Å². The molecule has 6 nitrogen and oxygen atoms in total. The fourth-order valence-electron chi connectivity index (χ4n) is 4.43. The van der Waals surface area contributed by atoms with Gasteiger partial charge in [0.15, 0.2) is 0 Å². The Labute approximate surface area is 242 Å². The first kappa shape index (κ1) is 35.6. The number of hydrogen-bond acceptors (Lipinski definition) is 5. The first-order valence-corrected chi connectivity index (χ1v) is 17.5. The Morgan fingerprint density at radius 1 is 0.538 bits per heavy atom. The molecule has 0 aliphatic heterocycles. The van der Waals surface area contributed by atoms with Crippen molar-refractivity contribution in [3.8, 4) is 0 Å². The van der Waals surface area contributed by atoms with E-state index in [9.17, 15) is 16.8 Å². The fraction of sp³-hybridized carbons (Fsp3) is 0.600. The number of sulfonamides is 1. The summed E-state index contributed by atoms with van der Waals surface area (Å²) in [6.07, 6.45) is 0. The quantitative estimate of drug-likeness (QED) is 0.171. The standard InChI is InChI=1S/C15H23ClO2S.C15H26N2O2S/c1-9(2)12-7-13(10(3)4)15(19(16,17)18)14(8-12)11(5)6;1-9(2)12-7-13(10(3)4)15(20(18,19)17-16)14(8-12)11(5)6/h7-11H,1-6H3;7-11,17H,16H2,1-6H3. The summed E-state index contributed by atoms with van der Waals surface area (Å²) in [5.41, 5.74) is 5.63. The van der Waals surface area contributed by atoms with Gasteiger partial charge in [-0.05, 0) is 68.9 Å². The van der Waals surface area contributed by atoms with E-state index in [1.54, 1.807) is 0 Å². The van der Waals surface area contributed by atoms with Crippen molar-refractivity contribution < 1.29 is 16.8 Å². The number of hydrazine groups is 1. The van der Waals surface area contributed by atoms with Crippen LogP contribution in [0.2, 0.25) is 0 Å². The molecule has 0 fully saturated rings. The van der Waals surface area contributed by atoms with Crippen molar-refractivity contribution in [2.75, 3.05) is 0 Å². The van der Waals surface area contributed by atoms with Crippen LogP contribution in [0.25, 0.3) is 0 Å². The van der Waals surface area contributed by atoms with Gasteiger partial charge < -0.3 is 0 Å². The van der Waals surface area contributed by atoms with Crippen LogP contribution in [-0.2, 0) is 19.1 Å². The minimum absolute atomic E-state index is 0.115. The van der Waals surface area contributed by atoms with Gasteiger partial charge in [-0.3, -0.25) is 5.84 Å². The van der Waals surface area contributed by atoms with Crippen LogP contribution in [0.1, 0.15) is 152 Å². The van der Waals surface area contributed by atoms with Crippen LogP contribution < -0.4 is 10.7 Å². The Balaban J connectivity index is 0.000000391. The van der Waals surface area contributed by atoms with Gasteiger partial charge in [0, 0.05) is 10.7 Å². The molecule has 0 spiro atoms. The number of hydrogen-bond donors (Lipinski definition) is 2. The topological polar surface area (TPSA) is 106 Å². The smallest absolute Gasteiger partial charge is 0.257 e. The summed E-state index contributed by atoms with van der Waals surface area (Å²) >= 11 is 0. The van der Waals surface area contributed by atoms with Crippen LogP contribution in [0.5, 0.6) is 0 Å². The van der Waals surface area contributed by atoms with Crippen LogP contribution in [0.3, 0.4) is 0 Å². The van der Waals surface area contributed by atoms with Crippen molar-refractivity contribution in [1.29, 1.82) is 0 Å². The monoisotopic (exact) mass is 600 g/mol. The summed E-state index contributed by atoms with van der Waals surface area (Å²) in [6, 6.07) is 7.95. The average Bonchev–Trinajstić information content (AvgIpc) is 2.81. The highest BCUT2D eigenvalue weighted by Gasteiger charge is 2.26. The molecule has 39 heavy (non-hydrogen) atoms. The molecule has 0 heterocycles. The minimum Gasteiger partial charge on any atom is -0.257 e. The number of nitrogens with two attached hydrogens (primary N) is 1. The fourth-order valence-corrected chi connectivity index (χ4v) is 7.44. The van der Waals surface area contributed by atoms with Gasteiger partial charge in [-0.2, -0.15) is 4.83 Å². The normalized spacial score (nSPS) is 12.7. The second-order valence-electron chi connectivity index (χ2n) is 12.0. The summed E-state index contributed by atoms with van der Waals surface area (Å²) in [7, 11) is -1.73. The molecule has 222 valence electrons. The second kappa shape index (κ2) is 13.9. The van der Waals surface area contributed by atoms with E-state index in [1.807, 2.05) is 84.5 Å². The van der Waals surface area contributed by atoms with E-state index in [0.29, 0.717) is 21.6 Å². The summed E-state index contributed by atoms with van der Waals surface area (Å²) in [6.45, 7) is 24.4. The van der Waals surface area contributed by atoms with Gasteiger partial charge in [0.1, 0.15) is 0 Å². The Morgan fingerprint density at radius 2 is 0.795 bits per heavy atom. The number of benzene rings is 2. The van der Waals surface area contributed by atoms with Crippen molar-refractivity contribution >= 4 is 29.8 Å². The zero-order chi connectivity index (χ0) is 30.6. The van der Waals surface area contributed by atoms with Gasteiger partial charge in [-0.15, -0.1) is 0 Å². The van der Waals surface area contributed by atoms with Gasteiger partial charge in [-0.25, -0.2) is 16.8 Å². The maximum Gasteiger partial charge on any atom is 0.261 e. The van der Waals surface area contributed by atoms with Crippen LogP contribution in [0, 0.1) is 0 Å². The molecule has 0 saturated carbocycles. The van der Waals surface area contributed by atoms with Gasteiger partial charge >= 0.3 is 0 Å². The molecule has 0 aliphatic rings.